The lowest BCUT2D eigenvalue weighted by Crippen LogP contribution is -2.41. The molecular weight excluding hydrogens is 321 g/mol. The van der Waals surface area contributed by atoms with E-state index in [-0.39, 0.29) is 24.9 Å². The molecule has 0 fully saturated rings. The van der Waals surface area contributed by atoms with Crippen molar-refractivity contribution in [2.24, 2.45) is 5.73 Å². The number of rotatable bonds is 10. The molecule has 0 aliphatic heterocycles. The maximum Gasteiger partial charge on any atom is 0.243 e. The van der Waals surface area contributed by atoms with Gasteiger partial charge in [-0.2, -0.15) is 0 Å². The number of carbonyl (C=O) groups excluding carboxylic acids is 1. The number of unbranched alkanes of at least 4 members (excludes halogenated alkanes) is 1. The van der Waals surface area contributed by atoms with E-state index in [0.717, 1.165) is 25.3 Å². The van der Waals surface area contributed by atoms with Gasteiger partial charge < -0.3 is 11.1 Å². The molecule has 1 rings (SSSR count). The molecule has 0 saturated carbocycles. The Labute approximate surface area is 136 Å². The molecule has 1 amide bonds. The molecule has 1 atom stereocenters. The molecule has 6 nitrogen and oxygen atoms in total. The van der Waals surface area contributed by atoms with Crippen LogP contribution in [0, 0.1) is 5.82 Å². The van der Waals surface area contributed by atoms with Crippen LogP contribution in [0.4, 0.5) is 4.39 Å². The van der Waals surface area contributed by atoms with Crippen molar-refractivity contribution in [2.75, 3.05) is 13.1 Å². The third kappa shape index (κ3) is 6.64. The van der Waals surface area contributed by atoms with Gasteiger partial charge in [0.25, 0.3) is 0 Å². The van der Waals surface area contributed by atoms with E-state index in [2.05, 4.69) is 10.0 Å². The van der Waals surface area contributed by atoms with Crippen molar-refractivity contribution in [2.45, 2.75) is 43.5 Å². The van der Waals surface area contributed by atoms with Crippen molar-refractivity contribution < 1.29 is 17.6 Å². The molecule has 0 aliphatic carbocycles. The van der Waals surface area contributed by atoms with Crippen LogP contribution in [0.2, 0.25) is 0 Å². The van der Waals surface area contributed by atoms with Crippen molar-refractivity contribution >= 4 is 15.9 Å². The zero-order valence-electron chi connectivity index (χ0n) is 13.2. The first-order chi connectivity index (χ1) is 10.9. The third-order valence-corrected chi connectivity index (χ3v) is 4.82. The lowest BCUT2D eigenvalue weighted by molar-refractivity contribution is -0.121. The topological polar surface area (TPSA) is 101 Å². The number of sulfonamides is 1. The predicted octanol–water partition coefficient (Wildman–Crippen LogP) is 1.13. The standard InChI is InChI=1S/C15H24FN3O3S/c1-2-3-6-12(11-17)19-15(20)9-10-18-23(21,22)14-8-5-4-7-13(14)16/h4-5,7-8,12,18H,2-3,6,9-11,17H2,1H3,(H,19,20). The predicted molar refractivity (Wildman–Crippen MR) is 86.7 cm³/mol. The molecule has 23 heavy (non-hydrogen) atoms. The molecule has 0 aliphatic rings. The summed E-state index contributed by atoms with van der Waals surface area (Å²) in [6.45, 7) is 2.28. The highest BCUT2D eigenvalue weighted by molar-refractivity contribution is 7.89. The molecular formula is C15H24FN3O3S. The first-order valence-electron chi connectivity index (χ1n) is 7.64. The van der Waals surface area contributed by atoms with E-state index in [1.807, 2.05) is 6.92 Å². The molecule has 0 aromatic heterocycles. The summed E-state index contributed by atoms with van der Waals surface area (Å²) in [5.41, 5.74) is 5.58. The Hall–Kier alpha value is -1.51. The first kappa shape index (κ1) is 19.5. The van der Waals surface area contributed by atoms with Gasteiger partial charge in [0.05, 0.1) is 0 Å². The second kappa shape index (κ2) is 9.59. The van der Waals surface area contributed by atoms with Crippen LogP contribution in [0.25, 0.3) is 0 Å². The van der Waals surface area contributed by atoms with Gasteiger partial charge in [0.15, 0.2) is 0 Å². The SMILES string of the molecule is CCCCC(CN)NC(=O)CCNS(=O)(=O)c1ccccc1F. The summed E-state index contributed by atoms with van der Waals surface area (Å²) in [5.74, 6) is -1.11. The molecule has 1 unspecified atom stereocenters. The van der Waals surface area contributed by atoms with E-state index in [1.54, 1.807) is 0 Å². The first-order valence-corrected chi connectivity index (χ1v) is 9.12. The number of halogens is 1. The number of amides is 1. The monoisotopic (exact) mass is 345 g/mol. The van der Waals surface area contributed by atoms with Gasteiger partial charge in [0.1, 0.15) is 10.7 Å². The molecule has 4 N–H and O–H groups in total. The Morgan fingerprint density at radius 3 is 2.65 bits per heavy atom. The maximum absolute atomic E-state index is 13.5. The van der Waals surface area contributed by atoms with E-state index in [1.165, 1.54) is 18.2 Å². The molecule has 130 valence electrons. The molecule has 0 bridgehead atoms. The van der Waals surface area contributed by atoms with Crippen LogP contribution in [-0.2, 0) is 14.8 Å². The summed E-state index contributed by atoms with van der Waals surface area (Å²) in [6, 6.07) is 4.98. The van der Waals surface area contributed by atoms with Crippen LogP contribution in [0.1, 0.15) is 32.6 Å². The fourth-order valence-corrected chi connectivity index (χ4v) is 3.15. The summed E-state index contributed by atoms with van der Waals surface area (Å²) in [6.07, 6.45) is 2.73. The highest BCUT2D eigenvalue weighted by atomic mass is 32.2. The van der Waals surface area contributed by atoms with Crippen molar-refractivity contribution in [3.05, 3.63) is 30.1 Å². The van der Waals surface area contributed by atoms with Gasteiger partial charge in [-0.3, -0.25) is 4.79 Å². The van der Waals surface area contributed by atoms with Crippen molar-refractivity contribution in [3.8, 4) is 0 Å². The Morgan fingerprint density at radius 2 is 2.04 bits per heavy atom. The lowest BCUT2D eigenvalue weighted by Gasteiger charge is -2.16. The van der Waals surface area contributed by atoms with Crippen molar-refractivity contribution in [1.82, 2.24) is 10.0 Å². The Bertz CT molecular complexity index is 608. The molecule has 0 saturated heterocycles. The van der Waals surface area contributed by atoms with Crippen LogP contribution in [0.15, 0.2) is 29.2 Å². The number of benzene rings is 1. The fourth-order valence-electron chi connectivity index (χ4n) is 2.04. The molecule has 8 heteroatoms. The molecule has 1 aromatic carbocycles. The minimum atomic E-state index is -3.96. The average molecular weight is 345 g/mol. The van der Waals surface area contributed by atoms with Gasteiger partial charge in [-0.25, -0.2) is 17.5 Å². The largest absolute Gasteiger partial charge is 0.352 e. The van der Waals surface area contributed by atoms with Gasteiger partial charge in [0, 0.05) is 25.6 Å². The lowest BCUT2D eigenvalue weighted by atomic mass is 10.1. The second-order valence-corrected chi connectivity index (χ2v) is 6.96. The number of nitrogens with two attached hydrogens (primary N) is 1. The van der Waals surface area contributed by atoms with Crippen LogP contribution in [-0.4, -0.2) is 33.5 Å². The van der Waals surface area contributed by atoms with Crippen LogP contribution < -0.4 is 15.8 Å². The highest BCUT2D eigenvalue weighted by Crippen LogP contribution is 2.12. The third-order valence-electron chi connectivity index (χ3n) is 3.33. The number of nitrogens with one attached hydrogen (secondary N) is 2. The summed E-state index contributed by atoms with van der Waals surface area (Å²) in [5, 5.41) is 2.77. The van der Waals surface area contributed by atoms with Gasteiger partial charge >= 0.3 is 0 Å². The van der Waals surface area contributed by atoms with E-state index in [4.69, 9.17) is 5.73 Å². The Balaban J connectivity index is 2.46. The van der Waals surface area contributed by atoms with Crippen LogP contribution in [0.5, 0.6) is 0 Å². The number of carbonyl (C=O) groups is 1. The molecule has 1 aromatic rings. The highest BCUT2D eigenvalue weighted by Gasteiger charge is 2.18. The zero-order chi connectivity index (χ0) is 17.3. The van der Waals surface area contributed by atoms with E-state index >= 15 is 0 Å². The van der Waals surface area contributed by atoms with Crippen LogP contribution >= 0.6 is 0 Å². The van der Waals surface area contributed by atoms with Gasteiger partial charge in [-0.05, 0) is 18.6 Å². The molecule has 0 radical (unpaired) electrons. The van der Waals surface area contributed by atoms with E-state index in [0.29, 0.717) is 6.54 Å². The average Bonchev–Trinajstić information content (AvgIpc) is 2.51. The fraction of sp³-hybridized carbons (Fsp3) is 0.533. The summed E-state index contributed by atoms with van der Waals surface area (Å²) in [7, 11) is -3.96. The zero-order valence-corrected chi connectivity index (χ0v) is 14.0. The van der Waals surface area contributed by atoms with Crippen molar-refractivity contribution in [3.63, 3.8) is 0 Å². The van der Waals surface area contributed by atoms with Gasteiger partial charge in [0.2, 0.25) is 15.9 Å². The van der Waals surface area contributed by atoms with Crippen molar-refractivity contribution in [1.29, 1.82) is 0 Å². The van der Waals surface area contributed by atoms with Crippen LogP contribution in [0.3, 0.4) is 0 Å². The van der Waals surface area contributed by atoms with Gasteiger partial charge in [-0.1, -0.05) is 31.9 Å². The van der Waals surface area contributed by atoms with Gasteiger partial charge in [-0.15, -0.1) is 0 Å². The van der Waals surface area contributed by atoms with E-state index < -0.39 is 20.7 Å². The Morgan fingerprint density at radius 1 is 1.35 bits per heavy atom. The minimum absolute atomic E-state index is 0.0314. The summed E-state index contributed by atoms with van der Waals surface area (Å²) >= 11 is 0. The molecule has 0 heterocycles. The van der Waals surface area contributed by atoms with E-state index in [9.17, 15) is 17.6 Å². The maximum atomic E-state index is 13.5. The normalized spacial score (nSPS) is 12.8. The summed E-state index contributed by atoms with van der Waals surface area (Å²) < 4.78 is 39.6. The smallest absolute Gasteiger partial charge is 0.243 e. The number of hydrogen-bond donors (Lipinski definition) is 3. The second-order valence-electron chi connectivity index (χ2n) is 5.22. The number of hydrogen-bond acceptors (Lipinski definition) is 4. The summed E-state index contributed by atoms with van der Waals surface area (Å²) in [4.78, 5) is 11.4. The molecule has 0 spiro atoms. The Kier molecular flexibility index (Phi) is 8.15. The quantitative estimate of drug-likeness (QED) is 0.591. The minimum Gasteiger partial charge on any atom is -0.352 e.